The summed E-state index contributed by atoms with van der Waals surface area (Å²) in [5.41, 5.74) is 0.167. The fraction of sp³-hybridized carbons (Fsp3) is 0.455. The molecule has 0 amide bonds. The first-order chi connectivity index (χ1) is 7.47. The summed E-state index contributed by atoms with van der Waals surface area (Å²) < 4.78 is 4.85. The van der Waals surface area contributed by atoms with Crippen LogP contribution in [-0.2, 0) is 14.3 Å². The van der Waals surface area contributed by atoms with Gasteiger partial charge in [-0.25, -0.2) is 4.79 Å². The number of nitrogens with zero attached hydrogens (tertiary/aromatic N) is 1. The second-order valence-corrected chi connectivity index (χ2v) is 4.80. The van der Waals surface area contributed by atoms with E-state index in [0.717, 1.165) is 0 Å². The van der Waals surface area contributed by atoms with E-state index in [0.29, 0.717) is 9.81 Å². The Balaban J connectivity index is 2.93. The Morgan fingerprint density at radius 1 is 1.50 bits per heavy atom. The number of esters is 1. The quantitative estimate of drug-likeness (QED) is 0.426. The molecule has 16 heavy (non-hydrogen) atoms. The molecule has 0 aliphatic carbocycles. The maximum atomic E-state index is 11.9. The molecule has 0 spiro atoms. The Hall–Kier alpha value is -1.23. The zero-order valence-electron chi connectivity index (χ0n) is 9.86. The van der Waals surface area contributed by atoms with E-state index in [4.69, 9.17) is 4.74 Å². The monoisotopic (exact) mass is 241 g/mol. The van der Waals surface area contributed by atoms with Gasteiger partial charge in [0, 0.05) is 25.2 Å². The van der Waals surface area contributed by atoms with Gasteiger partial charge in [-0.1, -0.05) is 11.8 Å². The minimum atomic E-state index is -0.528. The van der Waals surface area contributed by atoms with Crippen LogP contribution in [0.4, 0.5) is 0 Å². The SMILES string of the molecule is CCOC(=O)C1=C(C)SC(=CN(C)C)C1=O. The Bertz CT molecular complexity index is 383. The number of carbonyl (C=O) groups excluding carboxylic acids is 2. The number of Topliss-reactive ketones (excluding diaryl/α,β-unsaturated/α-hetero) is 1. The predicted octanol–water partition coefficient (Wildman–Crippen LogP) is 1.54. The zero-order chi connectivity index (χ0) is 12.3. The van der Waals surface area contributed by atoms with Crippen molar-refractivity contribution in [2.45, 2.75) is 13.8 Å². The fourth-order valence-corrected chi connectivity index (χ4v) is 2.37. The molecular weight excluding hydrogens is 226 g/mol. The van der Waals surface area contributed by atoms with Crippen LogP contribution in [-0.4, -0.2) is 37.4 Å². The predicted molar refractivity (Wildman–Crippen MR) is 63.7 cm³/mol. The topological polar surface area (TPSA) is 46.6 Å². The second-order valence-electron chi connectivity index (χ2n) is 3.54. The number of hydrogen-bond donors (Lipinski definition) is 0. The number of rotatable bonds is 3. The number of ether oxygens (including phenoxy) is 1. The maximum absolute atomic E-state index is 11.9. The molecule has 0 aromatic carbocycles. The first kappa shape index (κ1) is 12.8. The third kappa shape index (κ3) is 2.66. The highest BCUT2D eigenvalue weighted by molar-refractivity contribution is 8.08. The molecule has 0 bridgehead atoms. The van der Waals surface area contributed by atoms with Crippen molar-refractivity contribution in [2.75, 3.05) is 20.7 Å². The summed E-state index contributed by atoms with van der Waals surface area (Å²) in [5.74, 6) is -0.769. The molecule has 0 saturated carbocycles. The Kier molecular flexibility index (Phi) is 4.18. The van der Waals surface area contributed by atoms with Crippen LogP contribution >= 0.6 is 11.8 Å². The number of allylic oxidation sites excluding steroid dienone is 2. The molecular formula is C11H15NO3S. The van der Waals surface area contributed by atoms with Crippen LogP contribution in [0, 0.1) is 0 Å². The summed E-state index contributed by atoms with van der Waals surface area (Å²) in [5, 5.41) is 0. The van der Waals surface area contributed by atoms with Gasteiger partial charge in [0.25, 0.3) is 0 Å². The molecule has 1 rings (SSSR count). The normalized spacial score (nSPS) is 18.2. The smallest absolute Gasteiger partial charge is 0.342 e. The Labute approximate surface area is 99.3 Å². The highest BCUT2D eigenvalue weighted by atomic mass is 32.2. The van der Waals surface area contributed by atoms with Crippen LogP contribution < -0.4 is 0 Å². The number of thioether (sulfide) groups is 1. The number of ketones is 1. The van der Waals surface area contributed by atoms with Crippen molar-refractivity contribution in [2.24, 2.45) is 0 Å². The van der Waals surface area contributed by atoms with Crippen molar-refractivity contribution in [3.8, 4) is 0 Å². The second kappa shape index (κ2) is 5.21. The minimum Gasteiger partial charge on any atom is -0.462 e. The highest BCUT2D eigenvalue weighted by Gasteiger charge is 2.32. The van der Waals surface area contributed by atoms with Gasteiger partial charge in [0.1, 0.15) is 5.57 Å². The third-order valence-electron chi connectivity index (χ3n) is 1.92. The fourth-order valence-electron chi connectivity index (χ4n) is 1.30. The largest absolute Gasteiger partial charge is 0.462 e. The van der Waals surface area contributed by atoms with Crippen molar-refractivity contribution in [1.29, 1.82) is 0 Å². The van der Waals surface area contributed by atoms with Gasteiger partial charge in [-0.15, -0.1) is 0 Å². The van der Waals surface area contributed by atoms with E-state index in [9.17, 15) is 9.59 Å². The van der Waals surface area contributed by atoms with Crippen molar-refractivity contribution in [3.63, 3.8) is 0 Å². The van der Waals surface area contributed by atoms with E-state index in [-0.39, 0.29) is 18.0 Å². The van der Waals surface area contributed by atoms with E-state index in [1.807, 2.05) is 14.1 Å². The molecule has 0 radical (unpaired) electrons. The van der Waals surface area contributed by atoms with Crippen LogP contribution in [0.25, 0.3) is 0 Å². The molecule has 1 heterocycles. The Morgan fingerprint density at radius 2 is 2.12 bits per heavy atom. The van der Waals surface area contributed by atoms with Gasteiger partial charge < -0.3 is 9.64 Å². The van der Waals surface area contributed by atoms with Gasteiger partial charge in [0.05, 0.1) is 11.5 Å². The number of hydrogen-bond acceptors (Lipinski definition) is 5. The van der Waals surface area contributed by atoms with Crippen LogP contribution in [0.3, 0.4) is 0 Å². The van der Waals surface area contributed by atoms with E-state index in [1.165, 1.54) is 11.8 Å². The van der Waals surface area contributed by atoms with Gasteiger partial charge >= 0.3 is 5.97 Å². The molecule has 0 aromatic rings. The summed E-state index contributed by atoms with van der Waals surface area (Å²) >= 11 is 1.31. The average molecular weight is 241 g/mol. The van der Waals surface area contributed by atoms with Gasteiger partial charge in [-0.3, -0.25) is 4.79 Å². The van der Waals surface area contributed by atoms with Gasteiger partial charge in [0.2, 0.25) is 5.78 Å². The van der Waals surface area contributed by atoms with Crippen LogP contribution in [0.15, 0.2) is 21.6 Å². The summed E-state index contributed by atoms with van der Waals surface area (Å²) in [4.78, 5) is 26.5. The average Bonchev–Trinajstić information content (AvgIpc) is 2.41. The molecule has 1 aliphatic rings. The lowest BCUT2D eigenvalue weighted by molar-refractivity contribution is -0.139. The molecule has 0 fully saturated rings. The van der Waals surface area contributed by atoms with Crippen molar-refractivity contribution >= 4 is 23.5 Å². The van der Waals surface area contributed by atoms with E-state index in [2.05, 4.69) is 0 Å². The van der Waals surface area contributed by atoms with Crippen molar-refractivity contribution < 1.29 is 14.3 Å². The van der Waals surface area contributed by atoms with Crippen LogP contribution in [0.2, 0.25) is 0 Å². The molecule has 0 saturated heterocycles. The standard InChI is InChI=1S/C11H15NO3S/c1-5-15-11(14)9-7(2)16-8(10(9)13)6-12(3)4/h6H,5H2,1-4H3. The lowest BCUT2D eigenvalue weighted by atomic mass is 10.1. The van der Waals surface area contributed by atoms with Crippen molar-refractivity contribution in [1.82, 2.24) is 4.90 Å². The van der Waals surface area contributed by atoms with Crippen molar-refractivity contribution in [3.05, 3.63) is 21.6 Å². The summed E-state index contributed by atoms with van der Waals surface area (Å²) in [7, 11) is 3.66. The van der Waals surface area contributed by atoms with E-state index >= 15 is 0 Å². The third-order valence-corrected chi connectivity index (χ3v) is 2.94. The summed E-state index contributed by atoms with van der Waals surface area (Å²) in [6, 6.07) is 0. The highest BCUT2D eigenvalue weighted by Crippen LogP contribution is 2.38. The van der Waals surface area contributed by atoms with Crippen LogP contribution in [0.5, 0.6) is 0 Å². The molecule has 0 N–H and O–H groups in total. The lowest BCUT2D eigenvalue weighted by Crippen LogP contribution is -2.15. The first-order valence-corrected chi connectivity index (χ1v) is 5.77. The first-order valence-electron chi connectivity index (χ1n) is 4.96. The molecule has 4 nitrogen and oxygen atoms in total. The van der Waals surface area contributed by atoms with E-state index in [1.54, 1.807) is 24.9 Å². The summed E-state index contributed by atoms with van der Waals surface area (Å²) in [6.07, 6.45) is 1.71. The van der Waals surface area contributed by atoms with Gasteiger partial charge in [0.15, 0.2) is 0 Å². The van der Waals surface area contributed by atoms with E-state index < -0.39 is 5.97 Å². The number of carbonyl (C=O) groups is 2. The Morgan fingerprint density at radius 3 is 2.62 bits per heavy atom. The molecule has 0 aromatic heterocycles. The maximum Gasteiger partial charge on any atom is 0.342 e. The lowest BCUT2D eigenvalue weighted by Gasteiger charge is -2.05. The molecule has 88 valence electrons. The minimum absolute atomic E-state index is 0.167. The summed E-state index contributed by atoms with van der Waals surface area (Å²) in [6.45, 7) is 3.75. The van der Waals surface area contributed by atoms with Gasteiger partial charge in [-0.2, -0.15) is 0 Å². The molecule has 5 heteroatoms. The molecule has 0 unspecified atom stereocenters. The molecule has 1 aliphatic heterocycles. The zero-order valence-corrected chi connectivity index (χ0v) is 10.7. The van der Waals surface area contributed by atoms with Crippen LogP contribution in [0.1, 0.15) is 13.8 Å². The molecule has 0 atom stereocenters. The van der Waals surface area contributed by atoms with Gasteiger partial charge in [-0.05, 0) is 13.8 Å².